The largest absolute Gasteiger partial charge is 0.485 e. The van der Waals surface area contributed by atoms with Crippen LogP contribution in [0.5, 0.6) is 5.75 Å². The molecular formula is C13H10BrNO3S. The van der Waals surface area contributed by atoms with E-state index < -0.39 is 5.97 Å². The Morgan fingerprint density at radius 1 is 1.53 bits per heavy atom. The first kappa shape index (κ1) is 13.8. The van der Waals surface area contributed by atoms with Crippen LogP contribution < -0.4 is 4.74 Å². The third-order valence-electron chi connectivity index (χ3n) is 2.25. The van der Waals surface area contributed by atoms with E-state index in [0.29, 0.717) is 17.9 Å². The van der Waals surface area contributed by atoms with Crippen LogP contribution in [0.1, 0.15) is 11.3 Å². The van der Waals surface area contributed by atoms with Gasteiger partial charge in [0.15, 0.2) is 0 Å². The maximum absolute atomic E-state index is 10.6. The molecular weight excluding hydrogens is 330 g/mol. The molecule has 0 atom stereocenters. The minimum atomic E-state index is -0.995. The molecule has 0 spiro atoms. The Balaban J connectivity index is 2.20. The van der Waals surface area contributed by atoms with Crippen molar-refractivity contribution in [1.29, 1.82) is 0 Å². The number of aliphatic carboxylic acids is 1. The third kappa shape index (κ3) is 3.90. The quantitative estimate of drug-likeness (QED) is 0.845. The summed E-state index contributed by atoms with van der Waals surface area (Å²) < 4.78 is 6.47. The summed E-state index contributed by atoms with van der Waals surface area (Å²) in [6, 6.07) is 5.45. The van der Waals surface area contributed by atoms with Crippen LogP contribution >= 0.6 is 27.3 Å². The number of benzene rings is 1. The lowest BCUT2D eigenvalue weighted by Gasteiger charge is -2.10. The van der Waals surface area contributed by atoms with E-state index in [-0.39, 0.29) is 0 Å². The van der Waals surface area contributed by atoms with Crippen LogP contribution in [0.25, 0.3) is 6.08 Å². The van der Waals surface area contributed by atoms with Crippen LogP contribution in [0, 0.1) is 0 Å². The van der Waals surface area contributed by atoms with Gasteiger partial charge >= 0.3 is 5.97 Å². The van der Waals surface area contributed by atoms with Gasteiger partial charge in [0, 0.05) is 17.0 Å². The van der Waals surface area contributed by atoms with Crippen molar-refractivity contribution in [3.63, 3.8) is 0 Å². The summed E-state index contributed by atoms with van der Waals surface area (Å²) in [4.78, 5) is 14.7. The summed E-state index contributed by atoms with van der Waals surface area (Å²) in [7, 11) is 0. The summed E-state index contributed by atoms with van der Waals surface area (Å²) in [5, 5.41) is 10.6. The van der Waals surface area contributed by atoms with Gasteiger partial charge in [0.25, 0.3) is 0 Å². The number of aromatic nitrogens is 1. The monoisotopic (exact) mass is 339 g/mol. The lowest BCUT2D eigenvalue weighted by atomic mass is 10.2. The summed E-state index contributed by atoms with van der Waals surface area (Å²) >= 11 is 4.90. The molecule has 0 fully saturated rings. The van der Waals surface area contributed by atoms with Crippen molar-refractivity contribution in [3.05, 3.63) is 50.9 Å². The molecule has 19 heavy (non-hydrogen) atoms. The Morgan fingerprint density at radius 3 is 3.05 bits per heavy atom. The third-order valence-corrected chi connectivity index (χ3v) is 3.51. The summed E-state index contributed by atoms with van der Waals surface area (Å²) in [6.07, 6.45) is 2.58. The van der Waals surface area contributed by atoms with Gasteiger partial charge in [-0.1, -0.05) is 12.1 Å². The van der Waals surface area contributed by atoms with Gasteiger partial charge in [-0.2, -0.15) is 0 Å². The van der Waals surface area contributed by atoms with Crippen LogP contribution in [0.15, 0.2) is 39.6 Å². The van der Waals surface area contributed by atoms with Crippen LogP contribution in [-0.2, 0) is 11.4 Å². The fourth-order valence-corrected chi connectivity index (χ4v) is 2.46. The van der Waals surface area contributed by atoms with E-state index in [1.807, 2.05) is 17.5 Å². The van der Waals surface area contributed by atoms with E-state index >= 15 is 0 Å². The molecule has 0 aliphatic carbocycles. The first-order valence-electron chi connectivity index (χ1n) is 5.36. The molecule has 4 nitrogen and oxygen atoms in total. The van der Waals surface area contributed by atoms with Crippen molar-refractivity contribution in [2.75, 3.05) is 0 Å². The van der Waals surface area contributed by atoms with E-state index in [1.54, 1.807) is 11.6 Å². The predicted molar refractivity (Wildman–Crippen MR) is 77.3 cm³/mol. The molecule has 0 saturated heterocycles. The SMILES string of the molecule is O=C(O)C=Cc1cccc(Br)c1OCc1cscn1. The highest BCUT2D eigenvalue weighted by Crippen LogP contribution is 2.30. The highest BCUT2D eigenvalue weighted by atomic mass is 79.9. The number of carbonyl (C=O) groups is 1. The topological polar surface area (TPSA) is 59.4 Å². The smallest absolute Gasteiger partial charge is 0.328 e. The zero-order valence-corrected chi connectivity index (χ0v) is 12.1. The first-order valence-corrected chi connectivity index (χ1v) is 7.10. The van der Waals surface area contributed by atoms with Gasteiger partial charge in [-0.25, -0.2) is 9.78 Å². The number of hydrogen-bond acceptors (Lipinski definition) is 4. The molecule has 0 unspecified atom stereocenters. The van der Waals surface area contributed by atoms with Gasteiger partial charge in [-0.15, -0.1) is 11.3 Å². The second kappa shape index (κ2) is 6.49. The molecule has 98 valence electrons. The number of rotatable bonds is 5. The van der Waals surface area contributed by atoms with Gasteiger partial charge < -0.3 is 9.84 Å². The highest BCUT2D eigenvalue weighted by molar-refractivity contribution is 9.10. The van der Waals surface area contributed by atoms with E-state index in [9.17, 15) is 4.79 Å². The molecule has 0 radical (unpaired) electrons. The molecule has 0 aliphatic rings. The molecule has 1 aromatic carbocycles. The molecule has 1 aromatic heterocycles. The summed E-state index contributed by atoms with van der Waals surface area (Å²) in [5.41, 5.74) is 3.28. The number of ether oxygens (including phenoxy) is 1. The minimum Gasteiger partial charge on any atom is -0.485 e. The average Bonchev–Trinajstić information content (AvgIpc) is 2.88. The van der Waals surface area contributed by atoms with Crippen molar-refractivity contribution in [2.24, 2.45) is 0 Å². The lowest BCUT2D eigenvalue weighted by molar-refractivity contribution is -0.131. The predicted octanol–water partition coefficient (Wildman–Crippen LogP) is 3.58. The second-order valence-corrected chi connectivity index (χ2v) is 5.17. The Kier molecular flexibility index (Phi) is 4.70. The fourth-order valence-electron chi connectivity index (χ4n) is 1.43. The zero-order valence-electron chi connectivity index (χ0n) is 9.75. The molecule has 6 heteroatoms. The van der Waals surface area contributed by atoms with Gasteiger partial charge in [0.05, 0.1) is 15.7 Å². The van der Waals surface area contributed by atoms with E-state index in [1.165, 1.54) is 17.4 Å². The number of hydrogen-bond donors (Lipinski definition) is 1. The number of thiazole rings is 1. The van der Waals surface area contributed by atoms with Crippen LogP contribution in [0.2, 0.25) is 0 Å². The number of carboxylic acids is 1. The van der Waals surface area contributed by atoms with Crippen molar-refractivity contribution in [3.8, 4) is 5.75 Å². The van der Waals surface area contributed by atoms with Crippen LogP contribution in [0.3, 0.4) is 0 Å². The molecule has 0 amide bonds. The number of carboxylic acid groups (broad SMARTS) is 1. The van der Waals surface area contributed by atoms with Crippen molar-refractivity contribution in [1.82, 2.24) is 4.98 Å². The summed E-state index contributed by atoms with van der Waals surface area (Å²) in [6.45, 7) is 0.347. The molecule has 2 rings (SSSR count). The Morgan fingerprint density at radius 2 is 2.37 bits per heavy atom. The summed E-state index contributed by atoms with van der Waals surface area (Å²) in [5.74, 6) is -0.390. The molecule has 0 aliphatic heterocycles. The Bertz CT molecular complexity index is 596. The molecule has 0 saturated carbocycles. The minimum absolute atomic E-state index is 0.347. The van der Waals surface area contributed by atoms with Crippen molar-refractivity contribution < 1.29 is 14.6 Å². The number of para-hydroxylation sites is 1. The molecule has 0 bridgehead atoms. The standard InChI is InChI=1S/C13H10BrNO3S/c14-11-3-1-2-9(4-5-12(16)17)13(11)18-6-10-7-19-8-15-10/h1-5,7-8H,6H2,(H,16,17). The van der Waals surface area contributed by atoms with Crippen LogP contribution in [-0.4, -0.2) is 16.1 Å². The highest BCUT2D eigenvalue weighted by Gasteiger charge is 2.07. The second-order valence-electron chi connectivity index (χ2n) is 3.60. The van der Waals surface area contributed by atoms with E-state index in [0.717, 1.165) is 16.2 Å². The van der Waals surface area contributed by atoms with Crippen LogP contribution in [0.4, 0.5) is 0 Å². The van der Waals surface area contributed by atoms with E-state index in [2.05, 4.69) is 20.9 Å². The maximum atomic E-state index is 10.6. The average molecular weight is 340 g/mol. The molecule has 1 heterocycles. The molecule has 2 aromatic rings. The van der Waals surface area contributed by atoms with Gasteiger partial charge in [-0.3, -0.25) is 0 Å². The van der Waals surface area contributed by atoms with Gasteiger partial charge in [-0.05, 0) is 28.1 Å². The fraction of sp³-hybridized carbons (Fsp3) is 0.0769. The van der Waals surface area contributed by atoms with Gasteiger partial charge in [0.1, 0.15) is 12.4 Å². The Hall–Kier alpha value is -1.66. The maximum Gasteiger partial charge on any atom is 0.328 e. The lowest BCUT2D eigenvalue weighted by Crippen LogP contribution is -1.98. The zero-order chi connectivity index (χ0) is 13.7. The van der Waals surface area contributed by atoms with Crippen molar-refractivity contribution >= 4 is 39.3 Å². The number of halogens is 1. The Labute approximate surface area is 122 Å². The number of nitrogens with zero attached hydrogens (tertiary/aromatic N) is 1. The molecule has 1 N–H and O–H groups in total. The van der Waals surface area contributed by atoms with Gasteiger partial charge in [0.2, 0.25) is 0 Å². The van der Waals surface area contributed by atoms with E-state index in [4.69, 9.17) is 9.84 Å². The first-order chi connectivity index (χ1) is 9.16. The normalized spacial score (nSPS) is 10.8. The van der Waals surface area contributed by atoms with Crippen molar-refractivity contribution in [2.45, 2.75) is 6.61 Å².